The van der Waals surface area contributed by atoms with Crippen LogP contribution >= 0.6 is 0 Å². The van der Waals surface area contributed by atoms with Crippen LogP contribution in [0.25, 0.3) is 0 Å². The van der Waals surface area contributed by atoms with Gasteiger partial charge in [-0.25, -0.2) is 8.42 Å². The Morgan fingerprint density at radius 1 is 1.15 bits per heavy atom. The van der Waals surface area contributed by atoms with Gasteiger partial charge in [-0.3, -0.25) is 0 Å². The summed E-state index contributed by atoms with van der Waals surface area (Å²) >= 11 is 0. The summed E-state index contributed by atoms with van der Waals surface area (Å²) in [5.41, 5.74) is 0. The predicted molar refractivity (Wildman–Crippen MR) is 83.8 cm³/mol. The maximum absolute atomic E-state index is 11.7. The molecule has 0 aromatic rings. The van der Waals surface area contributed by atoms with Crippen LogP contribution < -0.4 is 5.32 Å². The number of likely N-dealkylation sites (tertiary alicyclic amines) is 1. The second kappa shape index (κ2) is 7.23. The van der Waals surface area contributed by atoms with Crippen molar-refractivity contribution < 1.29 is 8.42 Å². The molecule has 5 heteroatoms. The van der Waals surface area contributed by atoms with Crippen LogP contribution in [0.4, 0.5) is 0 Å². The molecule has 1 heterocycles. The van der Waals surface area contributed by atoms with Crippen molar-refractivity contribution in [3.63, 3.8) is 0 Å². The molecule has 0 aromatic heterocycles. The minimum atomic E-state index is -2.87. The lowest BCUT2D eigenvalue weighted by molar-refractivity contribution is 0.199. The highest BCUT2D eigenvalue weighted by Crippen LogP contribution is 2.24. The smallest absolute Gasteiger partial charge is 0.150 e. The zero-order valence-electron chi connectivity index (χ0n) is 13.0. The predicted octanol–water partition coefficient (Wildman–Crippen LogP) is 1.81. The molecule has 20 heavy (non-hydrogen) atoms. The minimum Gasteiger partial charge on any atom is -0.310 e. The fourth-order valence-electron chi connectivity index (χ4n) is 3.67. The van der Waals surface area contributed by atoms with Crippen molar-refractivity contribution in [1.29, 1.82) is 0 Å². The lowest BCUT2D eigenvalue weighted by Crippen LogP contribution is -2.47. The summed E-state index contributed by atoms with van der Waals surface area (Å²) < 4.78 is 23.4. The van der Waals surface area contributed by atoms with Crippen LogP contribution in [0.1, 0.15) is 51.9 Å². The third kappa shape index (κ3) is 5.01. The molecule has 0 amide bonds. The summed E-state index contributed by atoms with van der Waals surface area (Å²) in [4.78, 5) is 2.54. The van der Waals surface area contributed by atoms with E-state index in [1.54, 1.807) is 0 Å². The summed E-state index contributed by atoms with van der Waals surface area (Å²) in [6.07, 6.45) is 9.20. The van der Waals surface area contributed by atoms with Crippen molar-refractivity contribution in [2.24, 2.45) is 0 Å². The largest absolute Gasteiger partial charge is 0.310 e. The number of sulfone groups is 1. The van der Waals surface area contributed by atoms with Crippen LogP contribution in [0, 0.1) is 0 Å². The van der Waals surface area contributed by atoms with Crippen LogP contribution in [0.3, 0.4) is 0 Å². The van der Waals surface area contributed by atoms with Crippen molar-refractivity contribution in [3.8, 4) is 0 Å². The topological polar surface area (TPSA) is 49.4 Å². The summed E-state index contributed by atoms with van der Waals surface area (Å²) in [5, 5.41) is 3.53. The molecule has 0 aromatic carbocycles. The molecule has 118 valence electrons. The highest BCUT2D eigenvalue weighted by molar-refractivity contribution is 7.91. The van der Waals surface area contributed by atoms with E-state index in [1.165, 1.54) is 38.6 Å². The van der Waals surface area contributed by atoms with Crippen LogP contribution in [-0.4, -0.2) is 56.5 Å². The molecule has 2 rings (SSSR count). The number of hydrogen-bond donors (Lipinski definition) is 1. The van der Waals surface area contributed by atoms with Crippen molar-refractivity contribution >= 4 is 9.84 Å². The fraction of sp³-hybridized carbons (Fsp3) is 1.00. The number of nitrogens with one attached hydrogen (secondary N) is 1. The Morgan fingerprint density at radius 2 is 1.85 bits per heavy atom. The second-order valence-corrected chi connectivity index (χ2v) is 9.07. The van der Waals surface area contributed by atoms with E-state index >= 15 is 0 Å². The molecule has 2 aliphatic rings. The summed E-state index contributed by atoms with van der Waals surface area (Å²) in [7, 11) is -2.87. The van der Waals surface area contributed by atoms with Crippen LogP contribution in [0.2, 0.25) is 0 Å². The van der Waals surface area contributed by atoms with Gasteiger partial charge in [0.15, 0.2) is 0 Å². The highest BCUT2D eigenvalue weighted by atomic mass is 32.2. The molecular weight excluding hydrogens is 272 g/mol. The van der Waals surface area contributed by atoms with E-state index in [0.29, 0.717) is 12.1 Å². The SMILES string of the molecule is CC(CN1CCCCC1)NC1CCCC(S(C)(=O)=O)C1. The zero-order chi connectivity index (χ0) is 14.6. The molecule has 2 fully saturated rings. The summed E-state index contributed by atoms with van der Waals surface area (Å²) in [5.74, 6) is 0. The Labute approximate surface area is 124 Å². The van der Waals surface area contributed by atoms with Crippen molar-refractivity contribution in [2.75, 3.05) is 25.9 Å². The lowest BCUT2D eigenvalue weighted by atomic mass is 9.94. The minimum absolute atomic E-state index is 0.129. The molecule has 1 aliphatic heterocycles. The zero-order valence-corrected chi connectivity index (χ0v) is 13.8. The second-order valence-electron chi connectivity index (χ2n) is 6.74. The molecule has 1 saturated heterocycles. The first kappa shape index (κ1) is 16.2. The van der Waals surface area contributed by atoms with E-state index < -0.39 is 9.84 Å². The first-order valence-electron chi connectivity index (χ1n) is 8.12. The molecule has 0 bridgehead atoms. The number of rotatable bonds is 5. The van der Waals surface area contributed by atoms with Gasteiger partial charge < -0.3 is 10.2 Å². The molecular formula is C15H30N2O2S. The maximum Gasteiger partial charge on any atom is 0.150 e. The monoisotopic (exact) mass is 302 g/mol. The maximum atomic E-state index is 11.7. The molecule has 4 nitrogen and oxygen atoms in total. The van der Waals surface area contributed by atoms with Gasteiger partial charge in [-0.1, -0.05) is 12.8 Å². The first-order valence-corrected chi connectivity index (χ1v) is 10.1. The highest BCUT2D eigenvalue weighted by Gasteiger charge is 2.29. The van der Waals surface area contributed by atoms with Crippen molar-refractivity contribution in [1.82, 2.24) is 10.2 Å². The van der Waals surface area contributed by atoms with E-state index in [1.807, 2.05) is 0 Å². The molecule has 3 atom stereocenters. The summed E-state index contributed by atoms with van der Waals surface area (Å²) in [6, 6.07) is 0.833. The Balaban J connectivity index is 1.77. The van der Waals surface area contributed by atoms with Crippen molar-refractivity contribution in [3.05, 3.63) is 0 Å². The standard InChI is InChI=1S/C15H30N2O2S/c1-13(12-17-9-4-3-5-10-17)16-14-7-6-8-15(11-14)20(2,18)19/h13-16H,3-12H2,1-2H3. The van der Waals surface area contributed by atoms with Crippen LogP contribution in [0.15, 0.2) is 0 Å². The van der Waals surface area contributed by atoms with Gasteiger partial charge in [-0.05, 0) is 52.1 Å². The van der Waals surface area contributed by atoms with Gasteiger partial charge in [0.25, 0.3) is 0 Å². The molecule has 1 saturated carbocycles. The van der Waals surface area contributed by atoms with Gasteiger partial charge in [0.1, 0.15) is 9.84 Å². The Bertz CT molecular complexity index is 391. The molecule has 1 aliphatic carbocycles. The van der Waals surface area contributed by atoms with Gasteiger partial charge in [0.2, 0.25) is 0 Å². The fourth-order valence-corrected chi connectivity index (χ4v) is 4.85. The quantitative estimate of drug-likeness (QED) is 0.841. The third-order valence-electron chi connectivity index (χ3n) is 4.73. The third-order valence-corrected chi connectivity index (χ3v) is 6.37. The van der Waals surface area contributed by atoms with Gasteiger partial charge >= 0.3 is 0 Å². The van der Waals surface area contributed by atoms with E-state index in [0.717, 1.165) is 32.2 Å². The van der Waals surface area contributed by atoms with Gasteiger partial charge in [0.05, 0.1) is 5.25 Å². The van der Waals surface area contributed by atoms with E-state index in [-0.39, 0.29) is 5.25 Å². The normalized spacial score (nSPS) is 31.1. The first-order chi connectivity index (χ1) is 9.45. The van der Waals surface area contributed by atoms with E-state index in [2.05, 4.69) is 17.1 Å². The number of piperidine rings is 1. The Kier molecular flexibility index (Phi) is 5.87. The molecule has 0 spiro atoms. The average molecular weight is 302 g/mol. The lowest BCUT2D eigenvalue weighted by Gasteiger charge is -2.34. The summed E-state index contributed by atoms with van der Waals surface area (Å²) in [6.45, 7) is 5.78. The number of hydrogen-bond acceptors (Lipinski definition) is 4. The molecule has 1 N–H and O–H groups in total. The Morgan fingerprint density at radius 3 is 2.50 bits per heavy atom. The van der Waals surface area contributed by atoms with Crippen LogP contribution in [-0.2, 0) is 9.84 Å². The van der Waals surface area contributed by atoms with Gasteiger partial charge in [-0.2, -0.15) is 0 Å². The van der Waals surface area contributed by atoms with Crippen molar-refractivity contribution in [2.45, 2.75) is 69.2 Å². The van der Waals surface area contributed by atoms with Crippen LogP contribution in [0.5, 0.6) is 0 Å². The van der Waals surface area contributed by atoms with Gasteiger partial charge in [0, 0.05) is 24.9 Å². The molecule has 3 unspecified atom stereocenters. The van der Waals surface area contributed by atoms with E-state index in [4.69, 9.17) is 0 Å². The van der Waals surface area contributed by atoms with Gasteiger partial charge in [-0.15, -0.1) is 0 Å². The average Bonchev–Trinajstić information content (AvgIpc) is 2.39. The van der Waals surface area contributed by atoms with E-state index in [9.17, 15) is 8.42 Å². The molecule has 0 radical (unpaired) electrons. The number of nitrogens with zero attached hydrogens (tertiary/aromatic N) is 1. The Hall–Kier alpha value is -0.130.